The minimum Gasteiger partial charge on any atom is -0.414 e. The molecule has 43 heavy (non-hydrogen) atoms. The van der Waals surface area contributed by atoms with Gasteiger partial charge in [-0.2, -0.15) is 0 Å². The first-order valence-corrected chi connectivity index (χ1v) is 20.7. The molecule has 0 unspecified atom stereocenters. The summed E-state index contributed by atoms with van der Waals surface area (Å²) in [5.41, 5.74) is -0.171. The lowest BCUT2D eigenvalue weighted by Crippen LogP contribution is -2.63. The highest BCUT2D eigenvalue weighted by Crippen LogP contribution is 2.68. The van der Waals surface area contributed by atoms with Crippen molar-refractivity contribution >= 4 is 27.5 Å². The Morgan fingerprint density at radius 2 is 1.79 bits per heavy atom. The van der Waals surface area contributed by atoms with Gasteiger partial charge in [-0.15, -0.1) is 0 Å². The van der Waals surface area contributed by atoms with Gasteiger partial charge in [0.05, 0.1) is 13.2 Å². The van der Waals surface area contributed by atoms with E-state index in [0.717, 1.165) is 12.8 Å². The lowest BCUT2D eigenvalue weighted by atomic mass is 9.46. The zero-order chi connectivity index (χ0) is 32.2. The molecular formula is C33H55O8PSi. The topological polar surface area (TPSA) is 108 Å². The third-order valence-corrected chi connectivity index (χ3v) is 18.1. The molecule has 7 atom stereocenters. The van der Waals surface area contributed by atoms with Crippen molar-refractivity contribution in [2.45, 2.75) is 117 Å². The average Bonchev–Trinajstić information content (AvgIpc) is 3.15. The van der Waals surface area contributed by atoms with Crippen LogP contribution in [0, 0.1) is 28.6 Å². The fourth-order valence-electron chi connectivity index (χ4n) is 8.65. The molecule has 0 aromatic rings. The number of ketones is 2. The minimum absolute atomic E-state index is 0.0204. The zero-order valence-electron chi connectivity index (χ0n) is 28.1. The van der Waals surface area contributed by atoms with Crippen molar-refractivity contribution in [2.24, 2.45) is 28.6 Å². The third kappa shape index (κ3) is 6.02. The summed E-state index contributed by atoms with van der Waals surface area (Å²) < 4.78 is 36.5. The molecule has 1 N–H and O–H groups in total. The normalized spacial score (nSPS) is 36.4. The van der Waals surface area contributed by atoms with Gasteiger partial charge in [0, 0.05) is 23.4 Å². The molecule has 4 aliphatic rings. The van der Waals surface area contributed by atoms with Gasteiger partial charge in [-0.3, -0.25) is 14.2 Å². The maximum Gasteiger partial charge on any atom is 0.356 e. The second-order valence-electron chi connectivity index (χ2n) is 15.3. The SMILES string of the molecule is CCOP(=O)(COCC(=O)[C@@]1(O)CC[C@H]2[C@@H]3CC(C)=C4CC(=O)C=C[C@]4(C)[C@H]3[C@@H](O[Si](C)(C)C(C)(C)C)C[C@@]21C)OCC. The Bertz CT molecular complexity index is 1210. The molecule has 0 aromatic heterocycles. The maximum atomic E-state index is 13.9. The third-order valence-electron chi connectivity index (χ3n) is 11.8. The molecule has 0 radical (unpaired) electrons. The van der Waals surface area contributed by atoms with Crippen LogP contribution in [0.4, 0.5) is 0 Å². The highest BCUT2D eigenvalue weighted by Gasteiger charge is 2.69. The quantitative estimate of drug-likeness (QED) is 0.144. The Kier molecular flexibility index (Phi) is 9.76. The molecule has 0 saturated heterocycles. The van der Waals surface area contributed by atoms with Gasteiger partial charge in [-0.25, -0.2) is 0 Å². The van der Waals surface area contributed by atoms with Crippen LogP contribution in [0.2, 0.25) is 18.1 Å². The van der Waals surface area contributed by atoms with Crippen molar-refractivity contribution in [1.29, 1.82) is 0 Å². The average molecular weight is 639 g/mol. The number of allylic oxidation sites excluding steroid dienone is 4. The molecule has 0 bridgehead atoms. The number of rotatable bonds is 11. The number of carbonyl (C=O) groups is 2. The van der Waals surface area contributed by atoms with Crippen LogP contribution in [-0.4, -0.2) is 62.9 Å². The second-order valence-corrected chi connectivity index (χ2v) is 22.1. The summed E-state index contributed by atoms with van der Waals surface area (Å²) in [5, 5.41) is 12.3. The maximum absolute atomic E-state index is 13.9. The molecule has 2 fully saturated rings. The van der Waals surface area contributed by atoms with E-state index < -0.39 is 26.9 Å². The Morgan fingerprint density at radius 1 is 1.16 bits per heavy atom. The predicted octanol–water partition coefficient (Wildman–Crippen LogP) is 7.23. The summed E-state index contributed by atoms with van der Waals surface area (Å²) in [7, 11) is -5.74. The van der Waals surface area contributed by atoms with Crippen molar-refractivity contribution < 1.29 is 37.5 Å². The summed E-state index contributed by atoms with van der Waals surface area (Å²) in [4.78, 5) is 26.5. The summed E-state index contributed by atoms with van der Waals surface area (Å²) in [6.45, 7) is 21.2. The Balaban J connectivity index is 1.70. The van der Waals surface area contributed by atoms with Crippen molar-refractivity contribution in [3.63, 3.8) is 0 Å². The van der Waals surface area contributed by atoms with Gasteiger partial charge in [0.2, 0.25) is 0 Å². The van der Waals surface area contributed by atoms with Gasteiger partial charge in [0.15, 0.2) is 19.9 Å². The molecule has 0 heterocycles. The van der Waals surface area contributed by atoms with Crippen LogP contribution in [0.5, 0.6) is 0 Å². The first kappa shape index (κ1) is 34.9. The largest absolute Gasteiger partial charge is 0.414 e. The number of aliphatic hydroxyl groups is 1. The van der Waals surface area contributed by atoms with E-state index in [4.69, 9.17) is 18.2 Å². The van der Waals surface area contributed by atoms with Gasteiger partial charge >= 0.3 is 7.60 Å². The summed E-state index contributed by atoms with van der Waals surface area (Å²) in [6.07, 6.45) is 6.26. The van der Waals surface area contributed by atoms with E-state index in [0.29, 0.717) is 19.3 Å². The molecule has 244 valence electrons. The number of ether oxygens (including phenoxy) is 1. The van der Waals surface area contributed by atoms with Gasteiger partial charge < -0.3 is 23.3 Å². The Morgan fingerprint density at radius 3 is 2.37 bits per heavy atom. The summed E-state index contributed by atoms with van der Waals surface area (Å²) in [5.74, 6) is 0.188. The van der Waals surface area contributed by atoms with Crippen molar-refractivity contribution in [2.75, 3.05) is 26.2 Å². The minimum atomic E-state index is -3.48. The van der Waals surface area contributed by atoms with Crippen LogP contribution < -0.4 is 0 Å². The standard InChI is InChI=1S/C33H55O8PSi/c1-11-39-42(37,40-12-2)21-38-20-28(35)33(36)16-14-25-24-17-22(3)26-18-23(34)13-15-31(26,7)29(24)27(19-32(25,33)8)41-43(9,10)30(4,5)6/h13,15,24-25,27,29,36H,11-12,14,16-21H2,1-10H3/t24-,25-,27-,29+,31-,32-,33-/m0/s1. The number of carbonyl (C=O) groups excluding carboxylic acids is 2. The van der Waals surface area contributed by atoms with E-state index >= 15 is 0 Å². The molecule has 0 spiro atoms. The van der Waals surface area contributed by atoms with Gasteiger partial charge in [0.1, 0.15) is 18.6 Å². The second kappa shape index (κ2) is 12.0. The highest BCUT2D eigenvalue weighted by molar-refractivity contribution is 7.53. The lowest BCUT2D eigenvalue weighted by molar-refractivity contribution is -0.176. The van der Waals surface area contributed by atoms with Crippen LogP contribution in [0.25, 0.3) is 0 Å². The first-order chi connectivity index (χ1) is 19.8. The molecule has 4 rings (SSSR count). The number of hydrogen-bond acceptors (Lipinski definition) is 8. The lowest BCUT2D eigenvalue weighted by Gasteiger charge is -2.61. The Labute approximate surface area is 260 Å². The first-order valence-electron chi connectivity index (χ1n) is 16.1. The molecule has 4 aliphatic carbocycles. The van der Waals surface area contributed by atoms with Gasteiger partial charge in [-0.1, -0.05) is 51.8 Å². The van der Waals surface area contributed by atoms with Crippen molar-refractivity contribution in [3.8, 4) is 0 Å². The zero-order valence-corrected chi connectivity index (χ0v) is 30.0. The fraction of sp³-hybridized carbons (Fsp3) is 0.818. The molecule has 2 saturated carbocycles. The van der Waals surface area contributed by atoms with Crippen LogP contribution in [-0.2, 0) is 32.4 Å². The number of hydrogen-bond donors (Lipinski definition) is 1. The monoisotopic (exact) mass is 638 g/mol. The van der Waals surface area contributed by atoms with Gasteiger partial charge in [-0.05, 0) is 88.4 Å². The van der Waals surface area contributed by atoms with Crippen LogP contribution in [0.1, 0.15) is 87.5 Å². The number of Topliss-reactive ketones (excluding diaryl/α,β-unsaturated/α-hetero) is 1. The fourth-order valence-corrected chi connectivity index (χ4v) is 11.3. The van der Waals surface area contributed by atoms with Crippen molar-refractivity contribution in [3.05, 3.63) is 23.3 Å². The molecule has 10 heteroatoms. The number of fused-ring (bicyclic) bond motifs is 5. The molecule has 8 nitrogen and oxygen atoms in total. The predicted molar refractivity (Wildman–Crippen MR) is 170 cm³/mol. The smallest absolute Gasteiger partial charge is 0.356 e. The molecule has 0 amide bonds. The van der Waals surface area contributed by atoms with Crippen molar-refractivity contribution in [1.82, 2.24) is 0 Å². The molecule has 0 aromatic carbocycles. The van der Waals surface area contributed by atoms with E-state index in [1.54, 1.807) is 19.9 Å². The Hall–Kier alpha value is -0.933. The summed E-state index contributed by atoms with van der Waals surface area (Å²) in [6, 6.07) is 0. The van der Waals surface area contributed by atoms with E-state index in [2.05, 4.69) is 60.7 Å². The summed E-state index contributed by atoms with van der Waals surface area (Å²) >= 11 is 0. The van der Waals surface area contributed by atoms with E-state index in [1.165, 1.54) is 11.1 Å². The molecule has 0 aliphatic heterocycles. The van der Waals surface area contributed by atoms with Crippen LogP contribution >= 0.6 is 7.60 Å². The van der Waals surface area contributed by atoms with E-state index in [1.807, 2.05) is 0 Å². The van der Waals surface area contributed by atoms with E-state index in [-0.39, 0.29) is 72.0 Å². The van der Waals surface area contributed by atoms with Crippen LogP contribution in [0.3, 0.4) is 0 Å². The van der Waals surface area contributed by atoms with Gasteiger partial charge in [0.25, 0.3) is 0 Å². The highest BCUT2D eigenvalue weighted by atomic mass is 31.2. The van der Waals surface area contributed by atoms with E-state index in [9.17, 15) is 19.3 Å². The molecular weight excluding hydrogens is 583 g/mol. The van der Waals surface area contributed by atoms with Crippen LogP contribution in [0.15, 0.2) is 23.3 Å².